The Morgan fingerprint density at radius 3 is 2.77 bits per heavy atom. The fraction of sp³-hybridized carbons (Fsp3) is 0.176. The molecule has 0 aliphatic carbocycles. The summed E-state index contributed by atoms with van der Waals surface area (Å²) in [5.74, 6) is 1.32. The molecule has 2 aromatic heterocycles. The number of hydrogen-bond acceptors (Lipinski definition) is 7. The molecule has 0 aliphatic rings. The SMILES string of the molecule is O=C(CSc1nnc(-c2cccnc2)o1)NCCSc1ccc(Cl)cc1. The number of hydrogen-bond donors (Lipinski definition) is 1. The molecule has 26 heavy (non-hydrogen) atoms. The molecule has 0 unspecified atom stereocenters. The Morgan fingerprint density at radius 1 is 1.15 bits per heavy atom. The van der Waals surface area contributed by atoms with E-state index in [-0.39, 0.29) is 11.7 Å². The van der Waals surface area contributed by atoms with E-state index in [0.717, 1.165) is 16.2 Å². The topological polar surface area (TPSA) is 80.9 Å². The van der Waals surface area contributed by atoms with E-state index >= 15 is 0 Å². The lowest BCUT2D eigenvalue weighted by molar-refractivity contribution is -0.118. The van der Waals surface area contributed by atoms with Gasteiger partial charge in [-0.2, -0.15) is 0 Å². The monoisotopic (exact) mass is 406 g/mol. The number of carbonyl (C=O) groups is 1. The normalized spacial score (nSPS) is 10.7. The summed E-state index contributed by atoms with van der Waals surface area (Å²) in [5.41, 5.74) is 0.746. The number of halogens is 1. The third-order valence-electron chi connectivity index (χ3n) is 3.15. The quantitative estimate of drug-likeness (QED) is 0.450. The van der Waals surface area contributed by atoms with Crippen molar-refractivity contribution in [1.29, 1.82) is 0 Å². The molecule has 1 aromatic carbocycles. The summed E-state index contributed by atoms with van der Waals surface area (Å²) in [5, 5.41) is 11.8. The molecule has 0 spiro atoms. The average Bonchev–Trinajstić information content (AvgIpc) is 3.15. The van der Waals surface area contributed by atoms with E-state index in [1.807, 2.05) is 30.3 Å². The molecule has 134 valence electrons. The second-order valence-electron chi connectivity index (χ2n) is 5.06. The van der Waals surface area contributed by atoms with Gasteiger partial charge in [-0.1, -0.05) is 23.4 Å². The fourth-order valence-corrected chi connectivity index (χ4v) is 3.43. The van der Waals surface area contributed by atoms with E-state index in [1.165, 1.54) is 11.8 Å². The Balaban J connectivity index is 1.36. The smallest absolute Gasteiger partial charge is 0.277 e. The van der Waals surface area contributed by atoms with Crippen LogP contribution in [-0.2, 0) is 4.79 Å². The molecule has 0 fully saturated rings. The second kappa shape index (κ2) is 9.61. The van der Waals surface area contributed by atoms with Gasteiger partial charge < -0.3 is 9.73 Å². The minimum atomic E-state index is -0.0761. The molecule has 9 heteroatoms. The summed E-state index contributed by atoms with van der Waals surface area (Å²) in [6.45, 7) is 0.581. The van der Waals surface area contributed by atoms with Crippen LogP contribution in [0.2, 0.25) is 5.02 Å². The van der Waals surface area contributed by atoms with Gasteiger partial charge in [0.05, 0.1) is 11.3 Å². The molecule has 6 nitrogen and oxygen atoms in total. The highest BCUT2D eigenvalue weighted by molar-refractivity contribution is 7.99. The van der Waals surface area contributed by atoms with Crippen LogP contribution < -0.4 is 5.32 Å². The van der Waals surface area contributed by atoms with Gasteiger partial charge in [-0.3, -0.25) is 9.78 Å². The predicted molar refractivity (Wildman–Crippen MR) is 103 cm³/mol. The number of thioether (sulfide) groups is 2. The summed E-state index contributed by atoms with van der Waals surface area (Å²) >= 11 is 8.71. The minimum absolute atomic E-state index is 0.0761. The summed E-state index contributed by atoms with van der Waals surface area (Å²) in [7, 11) is 0. The van der Waals surface area contributed by atoms with Gasteiger partial charge in [0.15, 0.2) is 0 Å². The van der Waals surface area contributed by atoms with Crippen molar-refractivity contribution in [2.75, 3.05) is 18.1 Å². The Morgan fingerprint density at radius 2 is 2.00 bits per heavy atom. The van der Waals surface area contributed by atoms with Crippen LogP contribution in [0.3, 0.4) is 0 Å². The van der Waals surface area contributed by atoms with Crippen molar-refractivity contribution in [3.63, 3.8) is 0 Å². The van der Waals surface area contributed by atoms with Crippen LogP contribution in [0.15, 0.2) is 63.3 Å². The lowest BCUT2D eigenvalue weighted by atomic mass is 10.3. The maximum Gasteiger partial charge on any atom is 0.277 e. The molecule has 0 atom stereocenters. The van der Waals surface area contributed by atoms with Gasteiger partial charge in [0.2, 0.25) is 11.8 Å². The van der Waals surface area contributed by atoms with Gasteiger partial charge in [0.25, 0.3) is 5.22 Å². The molecule has 3 rings (SSSR count). The third-order valence-corrected chi connectivity index (χ3v) is 5.23. The van der Waals surface area contributed by atoms with E-state index in [2.05, 4.69) is 20.5 Å². The summed E-state index contributed by atoms with van der Waals surface area (Å²) in [4.78, 5) is 17.0. The van der Waals surface area contributed by atoms with Gasteiger partial charge in [0.1, 0.15) is 0 Å². The van der Waals surface area contributed by atoms with Gasteiger partial charge in [-0.05, 0) is 36.4 Å². The maximum absolute atomic E-state index is 11.9. The van der Waals surface area contributed by atoms with Crippen LogP contribution in [0.25, 0.3) is 11.5 Å². The number of nitrogens with zero attached hydrogens (tertiary/aromatic N) is 3. The van der Waals surface area contributed by atoms with Gasteiger partial charge in [-0.15, -0.1) is 22.0 Å². The zero-order valence-electron chi connectivity index (χ0n) is 13.6. The molecule has 0 radical (unpaired) electrons. The Hall–Kier alpha value is -2.03. The van der Waals surface area contributed by atoms with Crippen molar-refractivity contribution in [1.82, 2.24) is 20.5 Å². The fourth-order valence-electron chi connectivity index (χ4n) is 1.94. The Kier molecular flexibility index (Phi) is 6.93. The first-order valence-corrected chi connectivity index (χ1v) is 10.1. The van der Waals surface area contributed by atoms with Gasteiger partial charge >= 0.3 is 0 Å². The highest BCUT2D eigenvalue weighted by atomic mass is 35.5. The molecule has 2 heterocycles. The van der Waals surface area contributed by atoms with E-state index in [1.54, 1.807) is 30.2 Å². The van der Waals surface area contributed by atoms with Crippen molar-refractivity contribution >= 4 is 41.0 Å². The van der Waals surface area contributed by atoms with E-state index < -0.39 is 0 Å². The van der Waals surface area contributed by atoms with Crippen molar-refractivity contribution in [3.05, 3.63) is 53.8 Å². The number of amides is 1. The minimum Gasteiger partial charge on any atom is -0.411 e. The average molecular weight is 407 g/mol. The largest absolute Gasteiger partial charge is 0.411 e. The number of pyridine rings is 1. The van der Waals surface area contributed by atoms with Crippen LogP contribution in [-0.4, -0.2) is 39.1 Å². The van der Waals surface area contributed by atoms with Crippen LogP contribution in [0.1, 0.15) is 0 Å². The third kappa shape index (κ3) is 5.76. The van der Waals surface area contributed by atoms with Crippen molar-refractivity contribution < 1.29 is 9.21 Å². The van der Waals surface area contributed by atoms with Crippen LogP contribution in [0.4, 0.5) is 0 Å². The lowest BCUT2D eigenvalue weighted by Gasteiger charge is -2.04. The van der Waals surface area contributed by atoms with Crippen molar-refractivity contribution in [2.24, 2.45) is 0 Å². The zero-order chi connectivity index (χ0) is 18.2. The molecule has 0 bridgehead atoms. The van der Waals surface area contributed by atoms with Gasteiger partial charge in [-0.25, -0.2) is 0 Å². The highest BCUT2D eigenvalue weighted by Crippen LogP contribution is 2.22. The van der Waals surface area contributed by atoms with E-state index in [9.17, 15) is 4.79 Å². The summed E-state index contributed by atoms with van der Waals surface area (Å²) in [6.07, 6.45) is 3.32. The van der Waals surface area contributed by atoms with Gasteiger partial charge in [0, 0.05) is 34.6 Å². The maximum atomic E-state index is 11.9. The first kappa shape index (κ1) is 18.8. The molecule has 0 saturated carbocycles. The first-order valence-electron chi connectivity index (χ1n) is 7.72. The van der Waals surface area contributed by atoms with Crippen LogP contribution >= 0.6 is 35.1 Å². The van der Waals surface area contributed by atoms with Crippen molar-refractivity contribution in [2.45, 2.75) is 10.1 Å². The number of nitrogens with one attached hydrogen (secondary N) is 1. The molecule has 0 aliphatic heterocycles. The molecule has 3 aromatic rings. The summed E-state index contributed by atoms with van der Waals surface area (Å²) in [6, 6.07) is 11.2. The van der Waals surface area contributed by atoms with Crippen molar-refractivity contribution in [3.8, 4) is 11.5 Å². The highest BCUT2D eigenvalue weighted by Gasteiger charge is 2.11. The van der Waals surface area contributed by atoms with Crippen LogP contribution in [0, 0.1) is 0 Å². The Labute approximate surface area is 164 Å². The predicted octanol–water partition coefficient (Wildman–Crippen LogP) is 3.79. The molecule has 1 N–H and O–H groups in total. The number of benzene rings is 1. The van der Waals surface area contributed by atoms with E-state index in [0.29, 0.717) is 22.7 Å². The first-order chi connectivity index (χ1) is 12.7. The molecule has 1 amide bonds. The van der Waals surface area contributed by atoms with E-state index in [4.69, 9.17) is 16.0 Å². The standard InChI is InChI=1S/C17H15ClN4O2S2/c18-13-3-5-14(6-4-13)25-9-8-20-15(23)11-26-17-22-21-16(24-17)12-2-1-7-19-10-12/h1-7,10H,8-9,11H2,(H,20,23). The summed E-state index contributed by atoms with van der Waals surface area (Å²) < 4.78 is 5.52. The Bertz CT molecular complexity index is 843. The lowest BCUT2D eigenvalue weighted by Crippen LogP contribution is -2.27. The molecule has 0 saturated heterocycles. The zero-order valence-corrected chi connectivity index (χ0v) is 16.0. The number of carbonyl (C=O) groups excluding carboxylic acids is 1. The number of aromatic nitrogens is 3. The second-order valence-corrected chi connectivity index (χ2v) is 7.59. The molecular formula is C17H15ClN4O2S2. The number of rotatable bonds is 8. The van der Waals surface area contributed by atoms with Crippen LogP contribution in [0.5, 0.6) is 0 Å². The molecular weight excluding hydrogens is 392 g/mol.